The van der Waals surface area contributed by atoms with Gasteiger partial charge in [-0.25, -0.2) is 13.2 Å². The molecule has 1 nitrogen and oxygen atoms in total. The SMILES string of the molecule is OC(Cc1ccc(Br)cc1F)c1ccc(F)c(F)c1. The minimum absolute atomic E-state index is 0.00974. The van der Waals surface area contributed by atoms with Gasteiger partial charge in [-0.05, 0) is 35.4 Å². The first kappa shape index (κ1) is 14.1. The Morgan fingerprint density at radius 2 is 1.68 bits per heavy atom. The number of hydrogen-bond donors (Lipinski definition) is 1. The number of aliphatic hydroxyl groups excluding tert-OH is 1. The first-order valence-electron chi connectivity index (χ1n) is 5.54. The Balaban J connectivity index is 2.20. The van der Waals surface area contributed by atoms with E-state index in [4.69, 9.17) is 0 Å². The van der Waals surface area contributed by atoms with Crippen LogP contribution >= 0.6 is 15.9 Å². The van der Waals surface area contributed by atoms with Crippen molar-refractivity contribution in [2.75, 3.05) is 0 Å². The second kappa shape index (κ2) is 5.75. The molecule has 0 aliphatic heterocycles. The Hall–Kier alpha value is -1.33. The fraction of sp³-hybridized carbons (Fsp3) is 0.143. The lowest BCUT2D eigenvalue weighted by molar-refractivity contribution is 0.176. The molecule has 1 atom stereocenters. The van der Waals surface area contributed by atoms with Crippen LogP contribution < -0.4 is 0 Å². The summed E-state index contributed by atoms with van der Waals surface area (Å²) in [5, 5.41) is 9.92. The molecule has 100 valence electrons. The van der Waals surface area contributed by atoms with E-state index in [1.165, 1.54) is 18.2 Å². The number of rotatable bonds is 3. The van der Waals surface area contributed by atoms with Gasteiger partial charge in [-0.2, -0.15) is 0 Å². The molecule has 2 aromatic carbocycles. The summed E-state index contributed by atoms with van der Waals surface area (Å²) in [5.74, 6) is -2.48. The predicted octanol–water partition coefficient (Wildman–Crippen LogP) is 4.14. The maximum atomic E-state index is 13.6. The summed E-state index contributed by atoms with van der Waals surface area (Å²) in [4.78, 5) is 0. The Kier molecular flexibility index (Phi) is 4.27. The lowest BCUT2D eigenvalue weighted by atomic mass is 10.0. The maximum absolute atomic E-state index is 13.6. The lowest BCUT2D eigenvalue weighted by Gasteiger charge is -2.12. The largest absolute Gasteiger partial charge is 0.388 e. The van der Waals surface area contributed by atoms with Crippen LogP contribution in [-0.2, 0) is 6.42 Å². The molecule has 0 heterocycles. The fourth-order valence-corrected chi connectivity index (χ4v) is 2.07. The standard InChI is InChI=1S/C14H10BrF3O/c15-10-3-1-8(12(17)7-10)6-14(19)9-2-4-11(16)13(18)5-9/h1-5,7,14,19H,6H2. The van der Waals surface area contributed by atoms with Gasteiger partial charge in [-0.1, -0.05) is 28.1 Å². The molecule has 0 fully saturated rings. The van der Waals surface area contributed by atoms with E-state index in [0.717, 1.165) is 12.1 Å². The van der Waals surface area contributed by atoms with E-state index >= 15 is 0 Å². The van der Waals surface area contributed by atoms with Gasteiger partial charge in [0.05, 0.1) is 6.10 Å². The molecule has 2 aromatic rings. The van der Waals surface area contributed by atoms with E-state index < -0.39 is 23.6 Å². The van der Waals surface area contributed by atoms with Crippen molar-refractivity contribution in [1.29, 1.82) is 0 Å². The zero-order valence-corrected chi connectivity index (χ0v) is 11.3. The molecular weight excluding hydrogens is 321 g/mol. The molecule has 0 aliphatic rings. The van der Waals surface area contributed by atoms with E-state index in [0.29, 0.717) is 10.0 Å². The van der Waals surface area contributed by atoms with E-state index in [-0.39, 0.29) is 12.0 Å². The monoisotopic (exact) mass is 330 g/mol. The number of halogens is 4. The molecule has 19 heavy (non-hydrogen) atoms. The maximum Gasteiger partial charge on any atom is 0.159 e. The Labute approximate surface area is 116 Å². The van der Waals surface area contributed by atoms with Crippen molar-refractivity contribution >= 4 is 15.9 Å². The zero-order valence-electron chi connectivity index (χ0n) is 9.71. The third kappa shape index (κ3) is 3.36. The molecular formula is C14H10BrF3O. The molecule has 1 unspecified atom stereocenters. The first-order chi connectivity index (χ1) is 8.97. The molecule has 5 heteroatoms. The summed E-state index contributed by atoms with van der Waals surface area (Å²) in [6, 6.07) is 7.59. The van der Waals surface area contributed by atoms with Crippen molar-refractivity contribution < 1.29 is 18.3 Å². The summed E-state index contributed by atoms with van der Waals surface area (Å²) in [7, 11) is 0. The van der Waals surface area contributed by atoms with Gasteiger partial charge in [0, 0.05) is 10.9 Å². The van der Waals surface area contributed by atoms with E-state index in [1.54, 1.807) is 6.07 Å². The van der Waals surface area contributed by atoms with Gasteiger partial charge in [0.1, 0.15) is 5.82 Å². The predicted molar refractivity (Wildman–Crippen MR) is 69.1 cm³/mol. The molecule has 0 spiro atoms. The van der Waals surface area contributed by atoms with Crippen LogP contribution in [0.3, 0.4) is 0 Å². The molecule has 0 aliphatic carbocycles. The average Bonchev–Trinajstić information content (AvgIpc) is 2.36. The second-order valence-electron chi connectivity index (χ2n) is 4.13. The molecule has 0 radical (unpaired) electrons. The quantitative estimate of drug-likeness (QED) is 0.896. The third-order valence-corrected chi connectivity index (χ3v) is 3.25. The van der Waals surface area contributed by atoms with Crippen molar-refractivity contribution in [2.45, 2.75) is 12.5 Å². The number of benzene rings is 2. The van der Waals surface area contributed by atoms with Crippen molar-refractivity contribution in [3.63, 3.8) is 0 Å². The van der Waals surface area contributed by atoms with Gasteiger partial charge in [0.25, 0.3) is 0 Å². The summed E-state index contributed by atoms with van der Waals surface area (Å²) < 4.78 is 40.0. The highest BCUT2D eigenvalue weighted by molar-refractivity contribution is 9.10. The molecule has 0 saturated carbocycles. The van der Waals surface area contributed by atoms with Gasteiger partial charge < -0.3 is 5.11 Å². The van der Waals surface area contributed by atoms with Gasteiger partial charge >= 0.3 is 0 Å². The van der Waals surface area contributed by atoms with Crippen LogP contribution in [0.15, 0.2) is 40.9 Å². The molecule has 1 N–H and O–H groups in total. The number of aliphatic hydroxyl groups is 1. The van der Waals surface area contributed by atoms with Crippen LogP contribution in [0.25, 0.3) is 0 Å². The van der Waals surface area contributed by atoms with Crippen LogP contribution in [0.4, 0.5) is 13.2 Å². The van der Waals surface area contributed by atoms with Crippen molar-refractivity contribution in [3.05, 3.63) is 69.4 Å². The highest BCUT2D eigenvalue weighted by Gasteiger charge is 2.14. The van der Waals surface area contributed by atoms with Crippen LogP contribution in [0.1, 0.15) is 17.2 Å². The fourth-order valence-electron chi connectivity index (χ4n) is 1.73. The third-order valence-electron chi connectivity index (χ3n) is 2.76. The lowest BCUT2D eigenvalue weighted by Crippen LogP contribution is -2.04. The highest BCUT2D eigenvalue weighted by Crippen LogP contribution is 2.23. The molecule has 0 saturated heterocycles. The Morgan fingerprint density at radius 1 is 0.947 bits per heavy atom. The highest BCUT2D eigenvalue weighted by atomic mass is 79.9. The van der Waals surface area contributed by atoms with Gasteiger partial charge in [-0.3, -0.25) is 0 Å². The van der Waals surface area contributed by atoms with Gasteiger partial charge in [0.15, 0.2) is 11.6 Å². The summed E-state index contributed by atoms with van der Waals surface area (Å²) in [6.07, 6.45) is -1.10. The van der Waals surface area contributed by atoms with Crippen molar-refractivity contribution in [2.24, 2.45) is 0 Å². The normalized spacial score (nSPS) is 12.5. The molecule has 2 rings (SSSR count). The minimum atomic E-state index is -1.09. The smallest absolute Gasteiger partial charge is 0.159 e. The van der Waals surface area contributed by atoms with Crippen LogP contribution in [-0.4, -0.2) is 5.11 Å². The van der Waals surface area contributed by atoms with Gasteiger partial charge in [0.2, 0.25) is 0 Å². The summed E-state index contributed by atoms with van der Waals surface area (Å²) >= 11 is 3.13. The summed E-state index contributed by atoms with van der Waals surface area (Å²) in [5.41, 5.74) is 0.515. The molecule has 0 amide bonds. The minimum Gasteiger partial charge on any atom is -0.388 e. The second-order valence-corrected chi connectivity index (χ2v) is 5.04. The van der Waals surface area contributed by atoms with E-state index in [1.807, 2.05) is 0 Å². The molecule has 0 bridgehead atoms. The molecule has 0 aromatic heterocycles. The topological polar surface area (TPSA) is 20.2 Å². The van der Waals surface area contributed by atoms with Crippen molar-refractivity contribution in [1.82, 2.24) is 0 Å². The Bertz CT molecular complexity index is 601. The Morgan fingerprint density at radius 3 is 2.32 bits per heavy atom. The van der Waals surface area contributed by atoms with Gasteiger partial charge in [-0.15, -0.1) is 0 Å². The van der Waals surface area contributed by atoms with E-state index in [2.05, 4.69) is 15.9 Å². The van der Waals surface area contributed by atoms with Crippen molar-refractivity contribution in [3.8, 4) is 0 Å². The zero-order chi connectivity index (χ0) is 14.0. The average molecular weight is 331 g/mol. The van der Waals surface area contributed by atoms with Crippen LogP contribution in [0, 0.1) is 17.5 Å². The van der Waals surface area contributed by atoms with Crippen LogP contribution in [0.2, 0.25) is 0 Å². The van der Waals surface area contributed by atoms with E-state index in [9.17, 15) is 18.3 Å². The summed E-state index contributed by atoms with van der Waals surface area (Å²) in [6.45, 7) is 0. The number of hydrogen-bond acceptors (Lipinski definition) is 1. The van der Waals surface area contributed by atoms with Crippen LogP contribution in [0.5, 0.6) is 0 Å². The first-order valence-corrected chi connectivity index (χ1v) is 6.33.